The number of fused-ring (bicyclic) bond motifs is 3. The van der Waals surface area contributed by atoms with Gasteiger partial charge in [-0.3, -0.25) is 9.59 Å². The molecule has 0 bridgehead atoms. The maximum Gasteiger partial charge on any atom is 0.534 e. The predicted octanol–water partition coefficient (Wildman–Crippen LogP) is 8.18. The number of rotatable bonds is 11. The number of aryl methyl sites for hydroxylation is 2. The van der Waals surface area contributed by atoms with Crippen LogP contribution in [0.2, 0.25) is 0 Å². The molecule has 0 spiro atoms. The highest BCUT2D eigenvalue weighted by Gasteiger charge is 2.53. The zero-order valence-corrected chi connectivity index (χ0v) is 35.6. The molecule has 340 valence electrons. The van der Waals surface area contributed by atoms with Crippen molar-refractivity contribution >= 4 is 49.9 Å². The molecule has 1 atom stereocenters. The lowest BCUT2D eigenvalue weighted by Crippen LogP contribution is -2.44. The van der Waals surface area contributed by atoms with Gasteiger partial charge in [-0.25, -0.2) is 4.79 Å². The van der Waals surface area contributed by atoms with Crippen LogP contribution in [0.1, 0.15) is 75.6 Å². The number of ketones is 2. The van der Waals surface area contributed by atoms with Gasteiger partial charge in [0, 0.05) is 33.9 Å². The number of halogens is 6. The molecule has 0 aromatic heterocycles. The Kier molecular flexibility index (Phi) is 11.4. The van der Waals surface area contributed by atoms with Crippen molar-refractivity contribution in [1.29, 1.82) is 0 Å². The number of hydrogen-bond acceptors (Lipinski definition) is 14. The third kappa shape index (κ3) is 7.74. The molecule has 1 aliphatic carbocycles. The van der Waals surface area contributed by atoms with Gasteiger partial charge in [-0.05, 0) is 49.2 Å². The smallest absolute Gasteiger partial charge is 0.497 e. The number of benzene rings is 5. The quantitative estimate of drug-likeness (QED) is 0.0398. The van der Waals surface area contributed by atoms with Gasteiger partial charge in [-0.15, -0.1) is 0 Å². The molecular formula is C43H30F6O14S2. The third-order valence-corrected chi connectivity index (χ3v) is 12.1. The van der Waals surface area contributed by atoms with Crippen molar-refractivity contribution in [3.63, 3.8) is 0 Å². The minimum Gasteiger partial charge on any atom is -0.497 e. The van der Waals surface area contributed by atoms with E-state index in [-0.39, 0.29) is 39.3 Å². The first-order chi connectivity index (χ1) is 30.4. The SMILES string of the molecule is COc1cc(OC)c2c(c1)C(=O)c1cc(OS(=O)(=O)C(F)(F)F)c(/C=C/c3cc(C)c4c(c3OS(=O)(=O)C(F)(F)F)OC(c3ccccc3)(c3ccccc3C)OC4=O)c(OC)c1C2=O. The van der Waals surface area contributed by atoms with Crippen molar-refractivity contribution < 1.29 is 89.6 Å². The van der Waals surface area contributed by atoms with Gasteiger partial charge in [0.05, 0.1) is 38.0 Å². The highest BCUT2D eigenvalue weighted by atomic mass is 32.2. The van der Waals surface area contributed by atoms with Crippen molar-refractivity contribution in [1.82, 2.24) is 0 Å². The molecule has 5 aromatic rings. The lowest BCUT2D eigenvalue weighted by molar-refractivity contribution is -0.132. The van der Waals surface area contributed by atoms with Gasteiger partial charge >= 0.3 is 43.0 Å². The van der Waals surface area contributed by atoms with E-state index >= 15 is 0 Å². The number of alkyl halides is 6. The standard InChI is InChI=1S/C43H30F6O14S2/c1-21-11-9-10-14-29(21)41(24-12-7-6-8-13-24)60-39-32(40(52)61-41)22(2)17-23(37(39)63-65(55,56)43(47,48)49)15-16-26-30(62-64(53,54)42(44,45)46)20-28-34(38(26)59-5)36(51)33-27(35(28)50)18-25(57-3)19-31(33)58-4/h6-20H,1-5H3/b16-15+. The summed E-state index contributed by atoms with van der Waals surface area (Å²) in [6, 6.07) is 17.5. The summed E-state index contributed by atoms with van der Waals surface area (Å²) >= 11 is 0. The lowest BCUT2D eigenvalue weighted by atomic mass is 9.81. The fourth-order valence-corrected chi connectivity index (χ4v) is 8.18. The van der Waals surface area contributed by atoms with Crippen LogP contribution in [0.5, 0.6) is 34.5 Å². The van der Waals surface area contributed by atoms with E-state index in [2.05, 4.69) is 4.18 Å². The average Bonchev–Trinajstić information content (AvgIpc) is 3.24. The molecule has 0 saturated carbocycles. The summed E-state index contributed by atoms with van der Waals surface area (Å²) in [4.78, 5) is 42.4. The Morgan fingerprint density at radius 3 is 1.82 bits per heavy atom. The summed E-state index contributed by atoms with van der Waals surface area (Å²) in [5.41, 5.74) is -15.9. The third-order valence-electron chi connectivity index (χ3n) is 10.2. The second kappa shape index (κ2) is 16.2. The van der Waals surface area contributed by atoms with Crippen molar-refractivity contribution in [3.8, 4) is 34.5 Å². The molecule has 0 fully saturated rings. The van der Waals surface area contributed by atoms with Crippen LogP contribution in [0.4, 0.5) is 26.3 Å². The fraction of sp³-hybridized carbons (Fsp3) is 0.186. The van der Waals surface area contributed by atoms with Crippen molar-refractivity contribution in [3.05, 3.63) is 140 Å². The average molecular weight is 949 g/mol. The van der Waals surface area contributed by atoms with Crippen molar-refractivity contribution in [2.45, 2.75) is 30.7 Å². The summed E-state index contributed by atoms with van der Waals surface area (Å²) in [5.74, 6) is -10.1. The Morgan fingerprint density at radius 1 is 0.600 bits per heavy atom. The summed E-state index contributed by atoms with van der Waals surface area (Å²) < 4.78 is 172. The molecule has 2 aliphatic rings. The van der Waals surface area contributed by atoms with Crippen LogP contribution in [0.25, 0.3) is 12.2 Å². The van der Waals surface area contributed by atoms with E-state index in [9.17, 15) is 57.6 Å². The number of carbonyl (C=O) groups is 3. The van der Waals surface area contributed by atoms with Crippen molar-refractivity contribution in [2.75, 3.05) is 21.3 Å². The number of esters is 1. The number of carbonyl (C=O) groups excluding carboxylic acids is 3. The first-order valence-electron chi connectivity index (χ1n) is 18.4. The molecule has 0 saturated heterocycles. The van der Waals surface area contributed by atoms with Gasteiger partial charge < -0.3 is 32.1 Å². The molecule has 0 amide bonds. The molecule has 1 unspecified atom stereocenters. The molecule has 5 aromatic carbocycles. The highest BCUT2D eigenvalue weighted by molar-refractivity contribution is 7.88. The fourth-order valence-electron chi connectivity index (χ4n) is 7.23. The Bertz CT molecular complexity index is 3090. The van der Waals surface area contributed by atoms with Crippen LogP contribution >= 0.6 is 0 Å². The molecule has 0 N–H and O–H groups in total. The molecule has 65 heavy (non-hydrogen) atoms. The van der Waals surface area contributed by atoms with Gasteiger partial charge in [-0.1, -0.05) is 60.7 Å². The molecule has 7 rings (SSSR count). The Balaban J connectivity index is 1.53. The first kappa shape index (κ1) is 45.9. The minimum atomic E-state index is -6.64. The second-order valence-corrected chi connectivity index (χ2v) is 17.1. The summed E-state index contributed by atoms with van der Waals surface area (Å²) in [5, 5.41) is 0. The molecular weight excluding hydrogens is 919 g/mol. The van der Waals surface area contributed by atoms with E-state index in [4.69, 9.17) is 27.9 Å². The predicted molar refractivity (Wildman–Crippen MR) is 215 cm³/mol. The monoisotopic (exact) mass is 948 g/mol. The maximum atomic E-state index is 14.3. The van der Waals surface area contributed by atoms with Crippen LogP contribution in [0, 0.1) is 13.8 Å². The minimum absolute atomic E-state index is 0.0101. The Labute approximate surface area is 365 Å². The first-order valence-corrected chi connectivity index (χ1v) is 21.2. The molecule has 1 aliphatic heterocycles. The zero-order chi connectivity index (χ0) is 47.6. The number of cyclic esters (lactones) is 1. The summed E-state index contributed by atoms with van der Waals surface area (Å²) in [6.45, 7) is 2.84. The molecule has 0 radical (unpaired) electrons. The largest absolute Gasteiger partial charge is 0.534 e. The summed E-state index contributed by atoms with van der Waals surface area (Å²) in [6.07, 6.45) is 1.40. The van der Waals surface area contributed by atoms with E-state index in [0.29, 0.717) is 17.7 Å². The van der Waals surface area contributed by atoms with Crippen LogP contribution in [0.3, 0.4) is 0 Å². The Morgan fingerprint density at radius 2 is 1.22 bits per heavy atom. The number of methoxy groups -OCH3 is 3. The number of hydrogen-bond donors (Lipinski definition) is 0. The van der Waals surface area contributed by atoms with E-state index < -0.39 is 105 Å². The van der Waals surface area contributed by atoms with Gasteiger partial charge in [0.2, 0.25) is 5.78 Å². The lowest BCUT2D eigenvalue weighted by Gasteiger charge is -2.40. The summed E-state index contributed by atoms with van der Waals surface area (Å²) in [7, 11) is -9.97. The maximum absolute atomic E-state index is 14.3. The van der Waals surface area contributed by atoms with Crippen molar-refractivity contribution in [2.24, 2.45) is 0 Å². The topological polar surface area (TPSA) is 184 Å². The van der Waals surface area contributed by atoms with Crippen LogP contribution < -0.4 is 27.3 Å². The zero-order valence-electron chi connectivity index (χ0n) is 34.0. The van der Waals surface area contributed by atoms with E-state index in [1.165, 1.54) is 56.5 Å². The van der Waals surface area contributed by atoms with Gasteiger partial charge in [0.15, 0.2) is 23.0 Å². The van der Waals surface area contributed by atoms with E-state index in [0.717, 1.165) is 32.4 Å². The Hall–Kier alpha value is -7.07. The van der Waals surface area contributed by atoms with Crippen LogP contribution in [-0.2, 0) is 30.8 Å². The van der Waals surface area contributed by atoms with Crippen LogP contribution in [-0.4, -0.2) is 66.7 Å². The normalized spacial score (nSPS) is 16.2. The van der Waals surface area contributed by atoms with E-state index in [1.807, 2.05) is 0 Å². The van der Waals surface area contributed by atoms with E-state index in [1.54, 1.807) is 25.1 Å². The van der Waals surface area contributed by atoms with Crippen LogP contribution in [0.15, 0.2) is 78.9 Å². The molecule has 1 heterocycles. The molecule has 22 heteroatoms. The molecule has 14 nitrogen and oxygen atoms in total. The number of ether oxygens (including phenoxy) is 5. The van der Waals surface area contributed by atoms with Gasteiger partial charge in [-0.2, -0.15) is 43.2 Å². The van der Waals surface area contributed by atoms with Gasteiger partial charge in [0.1, 0.15) is 22.8 Å². The van der Waals surface area contributed by atoms with Gasteiger partial charge in [0.25, 0.3) is 0 Å². The second-order valence-electron chi connectivity index (χ2n) is 14.1. The highest BCUT2D eigenvalue weighted by Crippen LogP contribution is 2.52.